The fraction of sp³-hybridized carbons (Fsp3) is 0.304. The highest BCUT2D eigenvalue weighted by Crippen LogP contribution is 2.23. The number of fused-ring (bicyclic) bond motifs is 1. The number of aryl methyl sites for hydroxylation is 1. The monoisotopic (exact) mass is 457 g/mol. The Bertz CT molecular complexity index is 1330. The van der Waals surface area contributed by atoms with Crippen LogP contribution in [-0.4, -0.2) is 36.3 Å². The Kier molecular flexibility index (Phi) is 6.12. The molecule has 0 atom stereocenters. The third kappa shape index (κ3) is 4.31. The van der Waals surface area contributed by atoms with E-state index in [-0.39, 0.29) is 28.2 Å². The number of sulfonamides is 1. The lowest BCUT2D eigenvalue weighted by molar-refractivity contribution is 0.0949. The van der Waals surface area contributed by atoms with E-state index in [0.29, 0.717) is 24.2 Å². The van der Waals surface area contributed by atoms with Gasteiger partial charge in [-0.3, -0.25) is 9.59 Å². The summed E-state index contributed by atoms with van der Waals surface area (Å²) in [6.07, 6.45) is 4.06. The zero-order valence-corrected chi connectivity index (χ0v) is 18.5. The minimum Gasteiger partial charge on any atom is -0.350 e. The summed E-state index contributed by atoms with van der Waals surface area (Å²) in [5, 5.41) is 2.83. The number of aromatic nitrogens is 1. The van der Waals surface area contributed by atoms with E-state index in [2.05, 4.69) is 5.32 Å². The molecule has 1 aliphatic heterocycles. The van der Waals surface area contributed by atoms with Gasteiger partial charge in [-0.25, -0.2) is 12.8 Å². The first-order chi connectivity index (χ1) is 15.3. The highest BCUT2D eigenvalue weighted by molar-refractivity contribution is 7.89. The van der Waals surface area contributed by atoms with Crippen molar-refractivity contribution in [2.75, 3.05) is 13.1 Å². The van der Waals surface area contributed by atoms with Crippen molar-refractivity contribution in [1.82, 2.24) is 14.2 Å². The third-order valence-electron chi connectivity index (χ3n) is 5.72. The van der Waals surface area contributed by atoms with Gasteiger partial charge in [0, 0.05) is 38.3 Å². The smallest absolute Gasteiger partial charge is 0.257 e. The van der Waals surface area contributed by atoms with Crippen LogP contribution in [0.15, 0.2) is 58.4 Å². The number of nitrogens with zero attached hydrogens (tertiary/aromatic N) is 2. The molecule has 7 nitrogen and oxygen atoms in total. The van der Waals surface area contributed by atoms with Crippen LogP contribution >= 0.6 is 0 Å². The van der Waals surface area contributed by atoms with Crippen LogP contribution < -0.4 is 10.7 Å². The number of rotatable bonds is 5. The lowest BCUT2D eigenvalue weighted by atomic mass is 10.1. The zero-order valence-electron chi connectivity index (χ0n) is 17.7. The maximum absolute atomic E-state index is 13.1. The van der Waals surface area contributed by atoms with Crippen molar-refractivity contribution in [3.63, 3.8) is 0 Å². The lowest BCUT2D eigenvalue weighted by Crippen LogP contribution is -2.35. The van der Waals surface area contributed by atoms with E-state index in [1.807, 2.05) is 0 Å². The lowest BCUT2D eigenvalue weighted by Gasteiger charge is -2.26. The Morgan fingerprint density at radius 3 is 2.44 bits per heavy atom. The second-order valence-electron chi connectivity index (χ2n) is 7.94. The van der Waals surface area contributed by atoms with Gasteiger partial charge in [-0.05, 0) is 48.7 Å². The van der Waals surface area contributed by atoms with E-state index < -0.39 is 21.4 Å². The highest BCUT2D eigenvalue weighted by Gasteiger charge is 2.27. The van der Waals surface area contributed by atoms with Gasteiger partial charge in [0.1, 0.15) is 11.4 Å². The summed E-state index contributed by atoms with van der Waals surface area (Å²) < 4.78 is 42.2. The molecule has 1 fully saturated rings. The van der Waals surface area contributed by atoms with Crippen LogP contribution in [0.5, 0.6) is 0 Å². The molecule has 2 heterocycles. The number of halogens is 1. The Morgan fingerprint density at radius 2 is 1.75 bits per heavy atom. The topological polar surface area (TPSA) is 88.5 Å². The minimum atomic E-state index is -3.71. The predicted octanol–water partition coefficient (Wildman–Crippen LogP) is 2.78. The Balaban J connectivity index is 1.67. The third-order valence-corrected chi connectivity index (χ3v) is 7.62. The van der Waals surface area contributed by atoms with Crippen molar-refractivity contribution in [3.8, 4) is 0 Å². The second-order valence-corrected chi connectivity index (χ2v) is 9.87. The molecular formula is C23H24FN3O4S. The first-order valence-electron chi connectivity index (χ1n) is 10.4. The second kappa shape index (κ2) is 8.84. The van der Waals surface area contributed by atoms with Crippen LogP contribution in [-0.2, 0) is 23.6 Å². The predicted molar refractivity (Wildman–Crippen MR) is 119 cm³/mol. The van der Waals surface area contributed by atoms with Gasteiger partial charge in [0.15, 0.2) is 0 Å². The van der Waals surface area contributed by atoms with Crippen LogP contribution in [0.4, 0.5) is 4.39 Å². The van der Waals surface area contributed by atoms with E-state index >= 15 is 0 Å². The molecule has 1 aromatic heterocycles. The van der Waals surface area contributed by atoms with Gasteiger partial charge in [-0.2, -0.15) is 4.31 Å². The summed E-state index contributed by atoms with van der Waals surface area (Å²) in [6, 6.07) is 10.1. The molecule has 0 bridgehead atoms. The summed E-state index contributed by atoms with van der Waals surface area (Å²) >= 11 is 0. The van der Waals surface area contributed by atoms with Gasteiger partial charge in [0.05, 0.1) is 10.4 Å². The van der Waals surface area contributed by atoms with Crippen LogP contribution in [0.1, 0.15) is 35.2 Å². The molecule has 0 aliphatic carbocycles. The quantitative estimate of drug-likeness (QED) is 0.638. The van der Waals surface area contributed by atoms with Crippen molar-refractivity contribution < 1.29 is 17.6 Å². The molecule has 1 aliphatic rings. The van der Waals surface area contributed by atoms with Crippen LogP contribution in [0.3, 0.4) is 0 Å². The molecule has 1 saturated heterocycles. The fourth-order valence-corrected chi connectivity index (χ4v) is 5.47. The minimum absolute atomic E-state index is 0.0490. The van der Waals surface area contributed by atoms with E-state index in [1.54, 1.807) is 29.8 Å². The number of carbonyl (C=O) groups excluding carboxylic acids is 1. The molecular weight excluding hydrogens is 433 g/mol. The Morgan fingerprint density at radius 1 is 1.06 bits per heavy atom. The van der Waals surface area contributed by atoms with Gasteiger partial charge in [-0.1, -0.05) is 18.6 Å². The average Bonchev–Trinajstić information content (AvgIpc) is 2.81. The first-order valence-corrected chi connectivity index (χ1v) is 11.9. The van der Waals surface area contributed by atoms with E-state index in [1.165, 1.54) is 34.8 Å². The summed E-state index contributed by atoms with van der Waals surface area (Å²) in [5.41, 5.74) is 0.593. The van der Waals surface area contributed by atoms with Crippen molar-refractivity contribution in [2.24, 2.45) is 7.05 Å². The van der Waals surface area contributed by atoms with Crippen LogP contribution in [0, 0.1) is 5.82 Å². The molecule has 1 amide bonds. The molecule has 4 rings (SSSR count). The molecule has 0 unspecified atom stereocenters. The molecule has 0 saturated carbocycles. The standard InChI is InChI=1S/C23H24FN3O4S/c1-26-15-20(23(29)25-14-16-5-7-17(24)8-6-16)22(28)19-13-18(9-10-21(19)26)32(30,31)27-11-3-2-4-12-27/h5-10,13,15H,2-4,11-12,14H2,1H3,(H,25,29). The van der Waals surface area contributed by atoms with E-state index in [9.17, 15) is 22.4 Å². The highest BCUT2D eigenvalue weighted by atomic mass is 32.2. The van der Waals surface area contributed by atoms with Crippen molar-refractivity contribution in [1.29, 1.82) is 0 Å². The van der Waals surface area contributed by atoms with Gasteiger partial charge in [0.2, 0.25) is 15.5 Å². The SMILES string of the molecule is Cn1cc(C(=O)NCc2ccc(F)cc2)c(=O)c2cc(S(=O)(=O)N3CCCCC3)ccc21. The molecule has 3 aromatic rings. The average molecular weight is 458 g/mol. The molecule has 32 heavy (non-hydrogen) atoms. The summed E-state index contributed by atoms with van der Waals surface area (Å²) in [7, 11) is -2.02. The Hall–Kier alpha value is -3.04. The normalized spacial score (nSPS) is 15.1. The molecule has 2 aromatic carbocycles. The Labute approximate surface area is 185 Å². The summed E-state index contributed by atoms with van der Waals surface area (Å²) in [6.45, 7) is 1.05. The number of pyridine rings is 1. The number of hydrogen-bond donors (Lipinski definition) is 1. The van der Waals surface area contributed by atoms with Crippen molar-refractivity contribution in [3.05, 3.63) is 75.8 Å². The van der Waals surface area contributed by atoms with Crippen molar-refractivity contribution in [2.45, 2.75) is 30.7 Å². The summed E-state index contributed by atoms with van der Waals surface area (Å²) in [4.78, 5) is 25.9. The number of carbonyl (C=O) groups is 1. The fourth-order valence-electron chi connectivity index (χ4n) is 3.93. The number of benzene rings is 2. The van der Waals surface area contributed by atoms with E-state index in [0.717, 1.165) is 19.3 Å². The largest absolute Gasteiger partial charge is 0.350 e. The van der Waals surface area contributed by atoms with E-state index in [4.69, 9.17) is 0 Å². The number of nitrogens with one attached hydrogen (secondary N) is 1. The zero-order chi connectivity index (χ0) is 22.9. The van der Waals surface area contributed by atoms with Gasteiger partial charge < -0.3 is 9.88 Å². The first kappa shape index (κ1) is 22.2. The van der Waals surface area contributed by atoms with Gasteiger partial charge >= 0.3 is 0 Å². The molecule has 9 heteroatoms. The van der Waals surface area contributed by atoms with Gasteiger partial charge in [0.25, 0.3) is 5.91 Å². The molecule has 168 valence electrons. The maximum atomic E-state index is 13.1. The maximum Gasteiger partial charge on any atom is 0.257 e. The van der Waals surface area contributed by atoms with Crippen LogP contribution in [0.25, 0.3) is 10.9 Å². The van der Waals surface area contributed by atoms with Gasteiger partial charge in [-0.15, -0.1) is 0 Å². The summed E-state index contributed by atoms with van der Waals surface area (Å²) in [5.74, 6) is -0.958. The molecule has 0 spiro atoms. The molecule has 0 radical (unpaired) electrons. The van der Waals surface area contributed by atoms with Crippen molar-refractivity contribution >= 4 is 26.8 Å². The number of amides is 1. The number of piperidine rings is 1. The molecule has 1 N–H and O–H groups in total. The number of hydrogen-bond acceptors (Lipinski definition) is 4. The van der Waals surface area contributed by atoms with Crippen LogP contribution in [0.2, 0.25) is 0 Å².